The largest absolute Gasteiger partial charge is 0.372 e. The van der Waals surface area contributed by atoms with Gasteiger partial charge in [-0.05, 0) is 117 Å². The molecule has 16 nitrogen and oxygen atoms in total. The van der Waals surface area contributed by atoms with E-state index in [1.54, 1.807) is 21.9 Å². The Bertz CT molecular complexity index is 2320. The molecule has 0 bridgehead atoms. The first-order valence-electron chi connectivity index (χ1n) is 22.0. The Morgan fingerprint density at radius 3 is 2.41 bits per heavy atom. The molecule has 0 aliphatic carbocycles. The first-order valence-corrected chi connectivity index (χ1v) is 22.0. The van der Waals surface area contributed by atoms with Gasteiger partial charge in [-0.25, -0.2) is 14.8 Å². The number of likely N-dealkylation sites (N-methyl/N-ethyl adjacent to an activating group) is 1. The van der Waals surface area contributed by atoms with Crippen molar-refractivity contribution < 1.29 is 19.5 Å². The molecule has 16 heteroatoms. The summed E-state index contributed by atoms with van der Waals surface area (Å²) < 4.78 is 1.56. The third kappa shape index (κ3) is 8.60. The van der Waals surface area contributed by atoms with Crippen molar-refractivity contribution in [2.45, 2.75) is 75.6 Å². The number of likely N-dealkylation sites (tertiary alicyclic amines) is 1. The molecular formula is C45H57N11O5. The highest BCUT2D eigenvalue weighted by Gasteiger charge is 2.35. The number of nitrogens with zero attached hydrogens (tertiary/aromatic N) is 8. The minimum atomic E-state index is -1.07. The number of piperidine rings is 4. The van der Waals surface area contributed by atoms with E-state index in [0.717, 1.165) is 108 Å². The molecule has 5 aliphatic heterocycles. The molecule has 4 amide bonds. The van der Waals surface area contributed by atoms with Crippen LogP contribution in [0.25, 0.3) is 10.8 Å². The molecule has 3 atom stereocenters. The van der Waals surface area contributed by atoms with Gasteiger partial charge in [-0.1, -0.05) is 12.1 Å². The highest BCUT2D eigenvalue weighted by atomic mass is 16.3. The van der Waals surface area contributed by atoms with E-state index >= 15 is 0 Å². The molecule has 2 aromatic carbocycles. The topological polar surface area (TPSA) is 185 Å². The lowest BCUT2D eigenvalue weighted by molar-refractivity contribution is -0.128. The predicted octanol–water partition coefficient (Wildman–Crippen LogP) is 3.84. The summed E-state index contributed by atoms with van der Waals surface area (Å²) >= 11 is 0. The van der Waals surface area contributed by atoms with Crippen LogP contribution in [-0.4, -0.2) is 130 Å². The van der Waals surface area contributed by atoms with E-state index in [1.165, 1.54) is 5.56 Å². The van der Waals surface area contributed by atoms with Gasteiger partial charge in [0.1, 0.15) is 12.0 Å². The zero-order valence-electron chi connectivity index (χ0n) is 34.9. The van der Waals surface area contributed by atoms with Gasteiger partial charge in [0.15, 0.2) is 11.5 Å². The lowest BCUT2D eigenvalue weighted by Gasteiger charge is -2.38. The SMILES string of the molecule is CN1CCN([C@@H]2CCCN(c3cnc(C(N)=O)c(Nc4ccc(C5CCN(CC6CCN(c7ccc8c(=O)n(C9CCC(=O)NC9O)ccc8c7)CC6)CC5)cc4)n3)C2)C1=O. The number of fused-ring (bicyclic) bond motifs is 1. The number of benzene rings is 2. The Labute approximate surface area is 355 Å². The minimum Gasteiger partial charge on any atom is -0.372 e. The number of pyridine rings is 1. The number of aromatic nitrogens is 3. The number of urea groups is 1. The van der Waals surface area contributed by atoms with Gasteiger partial charge in [-0.15, -0.1) is 0 Å². The van der Waals surface area contributed by atoms with Crippen LogP contribution in [0.4, 0.5) is 27.8 Å². The third-order valence-corrected chi connectivity index (χ3v) is 13.7. The van der Waals surface area contributed by atoms with Crippen molar-refractivity contribution in [2.24, 2.45) is 11.7 Å². The van der Waals surface area contributed by atoms with Crippen molar-refractivity contribution >= 4 is 51.6 Å². The van der Waals surface area contributed by atoms with Gasteiger partial charge in [0.05, 0.1) is 18.3 Å². The van der Waals surface area contributed by atoms with Crippen LogP contribution in [-0.2, 0) is 4.79 Å². The second-order valence-electron chi connectivity index (χ2n) is 17.6. The van der Waals surface area contributed by atoms with Crippen molar-refractivity contribution in [1.29, 1.82) is 0 Å². The van der Waals surface area contributed by atoms with E-state index in [0.29, 0.717) is 41.8 Å². The summed E-state index contributed by atoms with van der Waals surface area (Å²) in [5.41, 5.74) is 8.91. The fourth-order valence-corrected chi connectivity index (χ4v) is 10.2. The van der Waals surface area contributed by atoms with E-state index in [2.05, 4.69) is 48.5 Å². The minimum absolute atomic E-state index is 0.0705. The number of aliphatic hydroxyl groups is 1. The average Bonchev–Trinajstić information content (AvgIpc) is 3.61. The summed E-state index contributed by atoms with van der Waals surface area (Å²) in [5.74, 6) is 1.27. The summed E-state index contributed by atoms with van der Waals surface area (Å²) in [7, 11) is 1.84. The molecule has 2 aromatic heterocycles. The molecule has 9 rings (SSSR count). The number of rotatable bonds is 10. The molecule has 4 aromatic rings. The maximum atomic E-state index is 13.4. The van der Waals surface area contributed by atoms with Crippen molar-refractivity contribution in [3.8, 4) is 0 Å². The van der Waals surface area contributed by atoms with Gasteiger partial charge in [0, 0.05) is 82.2 Å². The zero-order valence-corrected chi connectivity index (χ0v) is 34.9. The van der Waals surface area contributed by atoms with Crippen LogP contribution in [0.3, 0.4) is 0 Å². The van der Waals surface area contributed by atoms with Crippen LogP contribution >= 0.6 is 0 Å². The molecule has 5 saturated heterocycles. The van der Waals surface area contributed by atoms with Crippen LogP contribution in [0.2, 0.25) is 0 Å². The number of aliphatic hydroxyl groups excluding tert-OH is 1. The molecule has 5 N–H and O–H groups in total. The van der Waals surface area contributed by atoms with E-state index in [1.807, 2.05) is 42.3 Å². The number of hydrogen-bond acceptors (Lipinski definition) is 11. The van der Waals surface area contributed by atoms with Crippen molar-refractivity contribution in [3.05, 3.63) is 82.5 Å². The number of carbonyl (C=O) groups is 3. The monoisotopic (exact) mass is 831 g/mol. The molecular weight excluding hydrogens is 775 g/mol. The number of amides is 4. The molecule has 7 heterocycles. The fraction of sp³-hybridized carbons (Fsp3) is 0.511. The fourth-order valence-electron chi connectivity index (χ4n) is 10.2. The summed E-state index contributed by atoms with van der Waals surface area (Å²) in [4.78, 5) is 70.3. The number of nitrogens with one attached hydrogen (secondary N) is 2. The molecule has 61 heavy (non-hydrogen) atoms. The lowest BCUT2D eigenvalue weighted by Crippen LogP contribution is -2.49. The van der Waals surface area contributed by atoms with Crippen molar-refractivity contribution in [2.75, 3.05) is 81.1 Å². The Kier molecular flexibility index (Phi) is 11.5. The van der Waals surface area contributed by atoms with E-state index in [4.69, 9.17) is 10.7 Å². The van der Waals surface area contributed by atoms with Crippen LogP contribution in [0, 0.1) is 5.92 Å². The number of carbonyl (C=O) groups excluding carboxylic acids is 3. The van der Waals surface area contributed by atoms with Gasteiger partial charge in [0.2, 0.25) is 5.91 Å². The normalized spacial score (nSPS) is 23.5. The third-order valence-electron chi connectivity index (χ3n) is 13.7. The van der Waals surface area contributed by atoms with Gasteiger partial charge in [0.25, 0.3) is 11.5 Å². The van der Waals surface area contributed by atoms with E-state index < -0.39 is 18.2 Å². The Morgan fingerprint density at radius 2 is 1.69 bits per heavy atom. The van der Waals surface area contributed by atoms with Crippen molar-refractivity contribution in [1.82, 2.24) is 34.6 Å². The molecule has 0 saturated carbocycles. The number of hydrogen-bond donors (Lipinski definition) is 4. The first-order chi connectivity index (χ1) is 29.6. The lowest BCUT2D eigenvalue weighted by atomic mass is 9.88. The molecule has 322 valence electrons. The van der Waals surface area contributed by atoms with Crippen molar-refractivity contribution in [3.63, 3.8) is 0 Å². The second-order valence-corrected chi connectivity index (χ2v) is 17.6. The van der Waals surface area contributed by atoms with Crippen LogP contribution in [0.15, 0.2) is 65.7 Å². The highest BCUT2D eigenvalue weighted by molar-refractivity contribution is 5.96. The second kappa shape index (κ2) is 17.3. The highest BCUT2D eigenvalue weighted by Crippen LogP contribution is 2.33. The molecule has 0 spiro atoms. The van der Waals surface area contributed by atoms with E-state index in [9.17, 15) is 24.3 Å². The molecule has 5 fully saturated rings. The number of anilines is 4. The van der Waals surface area contributed by atoms with Crippen LogP contribution < -0.4 is 31.7 Å². The summed E-state index contributed by atoms with van der Waals surface area (Å²) in [6.45, 7) is 8.13. The van der Waals surface area contributed by atoms with Gasteiger partial charge < -0.3 is 50.5 Å². The smallest absolute Gasteiger partial charge is 0.320 e. The van der Waals surface area contributed by atoms with Crippen LogP contribution in [0.1, 0.15) is 79.4 Å². The quantitative estimate of drug-likeness (QED) is 0.182. The van der Waals surface area contributed by atoms with Gasteiger partial charge in [-0.3, -0.25) is 14.4 Å². The molecule has 5 aliphatic rings. The van der Waals surface area contributed by atoms with Crippen LogP contribution in [0.5, 0.6) is 0 Å². The summed E-state index contributed by atoms with van der Waals surface area (Å²) in [6.07, 6.45) is 9.33. The Balaban J connectivity index is 0.755. The Hall–Kier alpha value is -5.74. The first kappa shape index (κ1) is 40.7. The van der Waals surface area contributed by atoms with E-state index in [-0.39, 0.29) is 35.7 Å². The summed E-state index contributed by atoms with van der Waals surface area (Å²) in [5, 5.41) is 17.8. The van der Waals surface area contributed by atoms with Gasteiger partial charge >= 0.3 is 6.03 Å². The number of nitrogens with two attached hydrogens (primary N) is 1. The average molecular weight is 832 g/mol. The van der Waals surface area contributed by atoms with Gasteiger partial charge in [-0.2, -0.15) is 0 Å². The maximum absolute atomic E-state index is 13.4. The number of primary amides is 1. The Morgan fingerprint density at radius 1 is 0.902 bits per heavy atom. The maximum Gasteiger partial charge on any atom is 0.320 e. The summed E-state index contributed by atoms with van der Waals surface area (Å²) in [6, 6.07) is 16.1. The zero-order chi connectivity index (χ0) is 42.2. The molecule has 2 unspecified atom stereocenters. The standard InChI is InChI=1S/C45H57N11O5/c1-51-23-24-55(45(51)61)35-3-2-17-54(28-35)38-26-47-40(41(46)58)42(49-38)48-33-6-4-30(5-7-33)31-14-18-52(19-15-31)27-29-12-20-53(21-13-29)34-8-9-36-32(25-34)16-22-56(44(36)60)37-10-11-39(57)50-43(37)59/h4-9,16,22,25-26,29,31,35,37,43,59H,2-3,10-15,17-21,23-24,27-28H2,1H3,(H2,46,58)(H,48,49)(H,50,57)/t35-,37?,43?/m1/s1. The predicted molar refractivity (Wildman–Crippen MR) is 234 cm³/mol. The molecule has 0 radical (unpaired) electrons.